The third kappa shape index (κ3) is 7.61. The molecule has 0 aromatic heterocycles. The third-order valence-electron chi connectivity index (χ3n) is 8.50. The van der Waals surface area contributed by atoms with E-state index < -0.39 is 33.2 Å². The fraction of sp³-hybridized carbons (Fsp3) is 0.469. The fourth-order valence-electron chi connectivity index (χ4n) is 5.69. The monoisotopic (exact) mass is 662 g/mol. The number of halogens is 3. The van der Waals surface area contributed by atoms with Gasteiger partial charge in [0.25, 0.3) is 11.8 Å². The van der Waals surface area contributed by atoms with Crippen LogP contribution in [0.4, 0.5) is 13.2 Å². The lowest BCUT2D eigenvalue weighted by molar-refractivity contribution is -0.137. The summed E-state index contributed by atoms with van der Waals surface area (Å²) in [6, 6.07) is 8.44. The summed E-state index contributed by atoms with van der Waals surface area (Å²) in [6.45, 7) is 2.95. The zero-order chi connectivity index (χ0) is 33.1. The SMILES string of the molecule is Cc1cc2ccc1CCS(=O)(=O)N1CCC3(CC1)N=C(NC3=O)c1cc(cc(C(F)(F)F)c1)OCC/C=C\COCCN(C)C2=O. The molecule has 5 heterocycles. The smallest absolute Gasteiger partial charge is 0.416 e. The molecule has 10 nitrogen and oxygen atoms in total. The number of ether oxygens (including phenoxy) is 2. The lowest BCUT2D eigenvalue weighted by Crippen LogP contribution is -2.50. The number of nitrogens with zero attached hydrogens (tertiary/aromatic N) is 3. The van der Waals surface area contributed by atoms with Gasteiger partial charge in [-0.15, -0.1) is 0 Å². The Balaban J connectivity index is 1.40. The molecule has 5 aliphatic rings. The summed E-state index contributed by atoms with van der Waals surface area (Å²) in [5.41, 5.74) is -0.0717. The minimum atomic E-state index is -4.66. The number of amides is 2. The number of amidine groups is 1. The van der Waals surface area contributed by atoms with E-state index in [9.17, 15) is 31.2 Å². The second kappa shape index (κ2) is 13.5. The van der Waals surface area contributed by atoms with E-state index in [4.69, 9.17) is 9.47 Å². The highest BCUT2D eigenvalue weighted by molar-refractivity contribution is 7.89. The van der Waals surface area contributed by atoms with Gasteiger partial charge in [0, 0.05) is 37.8 Å². The van der Waals surface area contributed by atoms with Gasteiger partial charge in [-0.3, -0.25) is 14.6 Å². The van der Waals surface area contributed by atoms with Crippen LogP contribution in [0, 0.1) is 6.92 Å². The fourth-order valence-corrected chi connectivity index (χ4v) is 7.17. The molecule has 5 aliphatic heterocycles. The number of sulfonamides is 1. The maximum Gasteiger partial charge on any atom is 0.416 e. The number of fused-ring (bicyclic) bond motifs is 2. The molecule has 1 spiro atoms. The molecule has 1 saturated heterocycles. The Hall–Kier alpha value is -3.75. The first-order valence-corrected chi connectivity index (χ1v) is 16.7. The molecule has 248 valence electrons. The molecule has 0 saturated carbocycles. The van der Waals surface area contributed by atoms with Crippen molar-refractivity contribution in [3.8, 4) is 5.75 Å². The number of carbonyl (C=O) groups excluding carboxylic acids is 2. The van der Waals surface area contributed by atoms with E-state index in [1.165, 1.54) is 10.4 Å². The Morgan fingerprint density at radius 3 is 2.46 bits per heavy atom. The van der Waals surface area contributed by atoms with E-state index in [0.29, 0.717) is 25.1 Å². The number of benzene rings is 2. The van der Waals surface area contributed by atoms with E-state index >= 15 is 0 Å². The number of alkyl halides is 3. The molecular formula is C32H37F3N4O6S. The van der Waals surface area contributed by atoms with Crippen molar-refractivity contribution in [2.75, 3.05) is 52.3 Å². The molecule has 46 heavy (non-hydrogen) atoms. The molecule has 7 bridgehead atoms. The average Bonchev–Trinajstić information content (AvgIpc) is 3.33. The minimum Gasteiger partial charge on any atom is -0.493 e. The quantitative estimate of drug-likeness (QED) is 0.430. The second-order valence-corrected chi connectivity index (χ2v) is 13.8. The number of hydrogen-bond donors (Lipinski definition) is 1. The van der Waals surface area contributed by atoms with Crippen LogP contribution in [0.2, 0.25) is 0 Å². The third-order valence-corrected chi connectivity index (χ3v) is 10.4. The van der Waals surface area contributed by atoms with Crippen molar-refractivity contribution in [3.05, 3.63) is 76.4 Å². The summed E-state index contributed by atoms with van der Waals surface area (Å²) in [5.74, 6) is -0.849. The normalized spacial score (nSPS) is 25.4. The van der Waals surface area contributed by atoms with Crippen molar-refractivity contribution in [1.82, 2.24) is 14.5 Å². The number of likely N-dealkylation sites (N-methyl/N-ethyl adjacent to an activating group) is 1. The minimum absolute atomic E-state index is 0.00490. The zero-order valence-corrected chi connectivity index (χ0v) is 26.5. The first-order valence-electron chi connectivity index (χ1n) is 15.1. The van der Waals surface area contributed by atoms with Crippen molar-refractivity contribution in [3.63, 3.8) is 0 Å². The van der Waals surface area contributed by atoms with Crippen LogP contribution in [0.5, 0.6) is 5.75 Å². The molecule has 2 amide bonds. The van der Waals surface area contributed by atoms with E-state index in [1.54, 1.807) is 42.3 Å². The molecule has 0 unspecified atom stereocenters. The predicted octanol–water partition coefficient (Wildman–Crippen LogP) is 3.72. The Kier molecular flexibility index (Phi) is 9.89. The van der Waals surface area contributed by atoms with Gasteiger partial charge in [0.05, 0.1) is 31.1 Å². The summed E-state index contributed by atoms with van der Waals surface area (Å²) < 4.78 is 80.5. The largest absolute Gasteiger partial charge is 0.493 e. The highest BCUT2D eigenvalue weighted by atomic mass is 32.2. The zero-order valence-electron chi connectivity index (χ0n) is 25.7. The molecule has 0 aliphatic carbocycles. The number of aliphatic imine (C=N–C) groups is 1. The number of hydrogen-bond acceptors (Lipinski definition) is 7. The molecule has 1 fully saturated rings. The topological polar surface area (TPSA) is 118 Å². The van der Waals surface area contributed by atoms with Crippen LogP contribution < -0.4 is 10.1 Å². The van der Waals surface area contributed by atoms with Crippen LogP contribution >= 0.6 is 0 Å². The summed E-state index contributed by atoms with van der Waals surface area (Å²) in [4.78, 5) is 32.2. The number of carbonyl (C=O) groups is 2. The highest BCUT2D eigenvalue weighted by Gasteiger charge is 2.47. The number of nitrogens with one attached hydrogen (secondary N) is 1. The summed E-state index contributed by atoms with van der Waals surface area (Å²) in [7, 11) is -2.02. The van der Waals surface area contributed by atoms with Crippen LogP contribution in [-0.2, 0) is 32.2 Å². The van der Waals surface area contributed by atoms with Gasteiger partial charge in [-0.25, -0.2) is 12.7 Å². The number of piperidine rings is 1. The van der Waals surface area contributed by atoms with E-state index in [1.807, 2.05) is 6.92 Å². The Morgan fingerprint density at radius 1 is 0.978 bits per heavy atom. The van der Waals surface area contributed by atoms with Crippen molar-refractivity contribution in [1.29, 1.82) is 0 Å². The lowest BCUT2D eigenvalue weighted by atomic mass is 9.89. The van der Waals surface area contributed by atoms with E-state index in [2.05, 4.69) is 10.3 Å². The van der Waals surface area contributed by atoms with Crippen molar-refractivity contribution in [2.24, 2.45) is 4.99 Å². The molecule has 1 N–H and O–H groups in total. The summed E-state index contributed by atoms with van der Waals surface area (Å²) >= 11 is 0. The number of rotatable bonds is 0. The van der Waals surface area contributed by atoms with Gasteiger partial charge >= 0.3 is 6.18 Å². The summed E-state index contributed by atoms with van der Waals surface area (Å²) in [5, 5.41) is 2.63. The van der Waals surface area contributed by atoms with Crippen molar-refractivity contribution < 1.29 is 40.7 Å². The summed E-state index contributed by atoms with van der Waals surface area (Å²) in [6.07, 6.45) is -0.284. The van der Waals surface area contributed by atoms with Gasteiger partial charge in [0.2, 0.25) is 10.0 Å². The maximum atomic E-state index is 13.8. The molecule has 14 heteroatoms. The van der Waals surface area contributed by atoms with Crippen LogP contribution in [0.3, 0.4) is 0 Å². The van der Waals surface area contributed by atoms with Gasteiger partial charge in [-0.05, 0) is 74.1 Å². The molecule has 2 aromatic carbocycles. The lowest BCUT2D eigenvalue weighted by Gasteiger charge is -2.34. The van der Waals surface area contributed by atoms with Gasteiger partial charge in [0.15, 0.2) is 0 Å². The predicted molar refractivity (Wildman–Crippen MR) is 165 cm³/mol. The van der Waals surface area contributed by atoms with Gasteiger partial charge in [-0.2, -0.15) is 13.2 Å². The molecule has 0 radical (unpaired) electrons. The van der Waals surface area contributed by atoms with Crippen molar-refractivity contribution in [2.45, 2.75) is 44.3 Å². The van der Waals surface area contributed by atoms with Crippen molar-refractivity contribution >= 4 is 27.7 Å². The molecular weight excluding hydrogens is 625 g/mol. The van der Waals surface area contributed by atoms with Crippen LogP contribution in [0.15, 0.2) is 53.5 Å². The van der Waals surface area contributed by atoms with Gasteiger partial charge in [0.1, 0.15) is 17.1 Å². The van der Waals surface area contributed by atoms with Crippen LogP contribution in [0.25, 0.3) is 0 Å². The Morgan fingerprint density at radius 2 is 1.74 bits per heavy atom. The van der Waals surface area contributed by atoms with Crippen LogP contribution in [0.1, 0.15) is 51.9 Å². The van der Waals surface area contributed by atoms with Crippen LogP contribution in [-0.4, -0.2) is 93.1 Å². The second-order valence-electron chi connectivity index (χ2n) is 11.7. The molecule has 7 rings (SSSR count). The maximum absolute atomic E-state index is 13.8. The Bertz CT molecular complexity index is 1650. The van der Waals surface area contributed by atoms with E-state index in [-0.39, 0.29) is 74.4 Å². The Labute approximate surface area is 266 Å². The molecule has 2 aromatic rings. The van der Waals surface area contributed by atoms with Gasteiger partial charge in [-0.1, -0.05) is 18.2 Å². The number of aryl methyl sites for hydroxylation is 2. The highest BCUT2D eigenvalue weighted by Crippen LogP contribution is 2.36. The standard InChI is InChI=1S/C32H37F3N4O6S/c1-22-18-24-7-6-23(22)8-17-46(42,43)39-11-9-31(10-12-39)30(41)36-28(37-31)25-19-26(32(33,34)35)21-27(20-25)45-15-5-3-4-14-44-16-13-38(2)29(24)40/h3-4,6-7,18-21H,5,8-17H2,1-2H3,(H,36,37,41)/b4-3-. The molecule has 0 atom stereocenters. The first-order chi connectivity index (χ1) is 21.8. The van der Waals surface area contributed by atoms with E-state index in [0.717, 1.165) is 23.3 Å². The van der Waals surface area contributed by atoms with Gasteiger partial charge < -0.3 is 19.7 Å². The average molecular weight is 663 g/mol. The first kappa shape index (κ1) is 33.6.